The summed E-state index contributed by atoms with van der Waals surface area (Å²) in [6.07, 6.45) is 7.15. The van der Waals surface area contributed by atoms with E-state index in [1.807, 2.05) is 53.6 Å². The average Bonchev–Trinajstić information content (AvgIpc) is 3.22. The van der Waals surface area contributed by atoms with Gasteiger partial charge in [0, 0.05) is 63.4 Å². The van der Waals surface area contributed by atoms with Gasteiger partial charge in [0.2, 0.25) is 0 Å². The van der Waals surface area contributed by atoms with Gasteiger partial charge in [-0.1, -0.05) is 18.2 Å². The van der Waals surface area contributed by atoms with Crippen molar-refractivity contribution in [3.05, 3.63) is 90.0 Å². The van der Waals surface area contributed by atoms with Crippen LogP contribution in [0.15, 0.2) is 73.3 Å². The molecule has 2 aliphatic rings. The molecule has 0 unspecified atom stereocenters. The maximum Gasteiger partial charge on any atom is 0.257 e. The number of rotatable bonds is 6. The van der Waals surface area contributed by atoms with E-state index >= 15 is 0 Å². The van der Waals surface area contributed by atoms with Gasteiger partial charge in [0.1, 0.15) is 5.75 Å². The summed E-state index contributed by atoms with van der Waals surface area (Å²) in [4.78, 5) is 26.6. The van der Waals surface area contributed by atoms with Crippen molar-refractivity contribution in [1.82, 2.24) is 19.8 Å². The van der Waals surface area contributed by atoms with E-state index in [1.54, 1.807) is 25.7 Å². The fourth-order valence-corrected chi connectivity index (χ4v) is 5.01. The zero-order valence-electron chi connectivity index (χ0n) is 18.8. The number of methoxy groups -OCH3 is 1. The molecule has 0 radical (unpaired) electrons. The fourth-order valence-electron chi connectivity index (χ4n) is 5.01. The third-order valence-corrected chi connectivity index (χ3v) is 6.58. The van der Waals surface area contributed by atoms with E-state index in [1.165, 1.54) is 0 Å². The maximum absolute atomic E-state index is 14.0. The van der Waals surface area contributed by atoms with Crippen LogP contribution in [0.4, 0.5) is 0 Å². The second-order valence-electron chi connectivity index (χ2n) is 8.68. The Morgan fingerprint density at radius 1 is 1.06 bits per heavy atom. The number of nitrogens with zero attached hydrogens (tertiary/aromatic N) is 4. The third kappa shape index (κ3) is 4.34. The molecule has 33 heavy (non-hydrogen) atoms. The minimum absolute atomic E-state index is 0.0487. The van der Waals surface area contributed by atoms with Crippen molar-refractivity contribution in [2.45, 2.75) is 24.6 Å². The number of aromatic nitrogens is 2. The Balaban J connectivity index is 1.44. The van der Waals surface area contributed by atoms with Gasteiger partial charge < -0.3 is 14.4 Å². The highest BCUT2D eigenvalue weighted by Gasteiger charge is 2.56. The van der Waals surface area contributed by atoms with Crippen molar-refractivity contribution in [2.24, 2.45) is 0 Å². The molecule has 2 aliphatic heterocycles. The van der Waals surface area contributed by atoms with E-state index in [4.69, 9.17) is 9.47 Å². The highest BCUT2D eigenvalue weighted by molar-refractivity contribution is 5.88. The number of ether oxygens (including phenoxy) is 2. The first-order valence-corrected chi connectivity index (χ1v) is 11.3. The summed E-state index contributed by atoms with van der Waals surface area (Å²) in [7, 11) is 1.67. The Morgan fingerprint density at radius 3 is 2.73 bits per heavy atom. The Bertz CT molecular complexity index is 1090. The van der Waals surface area contributed by atoms with Gasteiger partial charge in [0.15, 0.2) is 5.60 Å². The van der Waals surface area contributed by atoms with E-state index in [0.29, 0.717) is 26.2 Å². The van der Waals surface area contributed by atoms with Gasteiger partial charge in [-0.15, -0.1) is 0 Å². The van der Waals surface area contributed by atoms with Gasteiger partial charge in [-0.2, -0.15) is 0 Å². The molecule has 2 aromatic heterocycles. The molecule has 5 rings (SSSR count). The number of pyridine rings is 2. The van der Waals surface area contributed by atoms with Crippen LogP contribution < -0.4 is 4.74 Å². The number of likely N-dealkylation sites (tertiary alicyclic amines) is 1. The highest BCUT2D eigenvalue weighted by Crippen LogP contribution is 2.42. The molecule has 0 N–H and O–H groups in total. The molecule has 0 aliphatic carbocycles. The summed E-state index contributed by atoms with van der Waals surface area (Å²) < 4.78 is 11.8. The van der Waals surface area contributed by atoms with Gasteiger partial charge in [0.25, 0.3) is 5.91 Å². The van der Waals surface area contributed by atoms with Crippen LogP contribution in [-0.2, 0) is 22.6 Å². The highest BCUT2D eigenvalue weighted by atomic mass is 16.5. The zero-order valence-corrected chi connectivity index (χ0v) is 18.8. The molecule has 0 saturated carbocycles. The summed E-state index contributed by atoms with van der Waals surface area (Å²) in [6, 6.07) is 16.0. The van der Waals surface area contributed by atoms with Crippen molar-refractivity contribution >= 4 is 5.91 Å². The van der Waals surface area contributed by atoms with Crippen molar-refractivity contribution in [1.29, 1.82) is 0 Å². The smallest absolute Gasteiger partial charge is 0.257 e. The zero-order chi connectivity index (χ0) is 22.7. The molecule has 1 aromatic carbocycles. The second-order valence-corrected chi connectivity index (χ2v) is 8.68. The summed E-state index contributed by atoms with van der Waals surface area (Å²) in [5.41, 5.74) is 2.32. The van der Waals surface area contributed by atoms with Crippen LogP contribution in [0, 0.1) is 0 Å². The van der Waals surface area contributed by atoms with E-state index in [0.717, 1.165) is 35.5 Å². The Hall–Kier alpha value is -3.29. The number of hydrogen-bond donors (Lipinski definition) is 0. The normalized spacial score (nSPS) is 23.2. The first-order chi connectivity index (χ1) is 16.2. The molecule has 2 atom stereocenters. The molecule has 2 fully saturated rings. The predicted molar refractivity (Wildman–Crippen MR) is 124 cm³/mol. The predicted octanol–water partition coefficient (Wildman–Crippen LogP) is 2.88. The molecular formula is C26H28N4O3. The third-order valence-electron chi connectivity index (χ3n) is 6.58. The van der Waals surface area contributed by atoms with Crippen LogP contribution in [0.3, 0.4) is 0 Å². The van der Waals surface area contributed by atoms with E-state index < -0.39 is 5.60 Å². The molecule has 170 valence electrons. The van der Waals surface area contributed by atoms with E-state index in [9.17, 15) is 4.79 Å². The lowest BCUT2D eigenvalue weighted by atomic mass is 9.83. The molecule has 7 nitrogen and oxygen atoms in total. The van der Waals surface area contributed by atoms with Gasteiger partial charge >= 0.3 is 0 Å². The Morgan fingerprint density at radius 2 is 1.94 bits per heavy atom. The number of hydrogen-bond acceptors (Lipinski definition) is 6. The molecule has 2 saturated heterocycles. The average molecular weight is 445 g/mol. The SMILES string of the molecule is COc1cccc(CN2C[C@H](c3cccnc3)[C@@]3(C2)OCCN(Cc2ccncc2)C3=O)c1. The quantitative estimate of drug-likeness (QED) is 0.583. The van der Waals surface area contributed by atoms with Gasteiger partial charge in [-0.05, 0) is 47.0 Å². The number of morpholine rings is 1. The maximum atomic E-state index is 14.0. The minimum Gasteiger partial charge on any atom is -0.497 e. The van der Waals surface area contributed by atoms with Crippen molar-refractivity contribution in [3.63, 3.8) is 0 Å². The van der Waals surface area contributed by atoms with Crippen LogP contribution in [-0.4, -0.2) is 64.6 Å². The van der Waals surface area contributed by atoms with Crippen LogP contribution in [0.25, 0.3) is 0 Å². The van der Waals surface area contributed by atoms with Crippen LogP contribution in [0.1, 0.15) is 22.6 Å². The van der Waals surface area contributed by atoms with Gasteiger partial charge in [-0.25, -0.2) is 0 Å². The molecule has 3 aromatic rings. The van der Waals surface area contributed by atoms with Crippen molar-refractivity contribution in [3.8, 4) is 5.75 Å². The van der Waals surface area contributed by atoms with Crippen molar-refractivity contribution < 1.29 is 14.3 Å². The standard InChI is InChI=1S/C26H28N4O3/c1-32-23-6-2-4-21(14-23)16-29-18-24(22-5-3-9-28-15-22)26(19-29)25(31)30(12-13-33-26)17-20-7-10-27-11-8-20/h2-11,14-15,24H,12-13,16-19H2,1H3/t24-,26-/m1/s1. The van der Waals surface area contributed by atoms with Gasteiger partial charge in [0.05, 0.1) is 13.7 Å². The first-order valence-electron chi connectivity index (χ1n) is 11.3. The summed E-state index contributed by atoms with van der Waals surface area (Å²) >= 11 is 0. The number of carbonyl (C=O) groups is 1. The topological polar surface area (TPSA) is 67.8 Å². The van der Waals surface area contributed by atoms with Gasteiger partial charge in [-0.3, -0.25) is 19.7 Å². The lowest BCUT2D eigenvalue weighted by Crippen LogP contribution is -2.59. The first kappa shape index (κ1) is 21.6. The van der Waals surface area contributed by atoms with Crippen LogP contribution in [0.5, 0.6) is 5.75 Å². The van der Waals surface area contributed by atoms with Crippen LogP contribution in [0.2, 0.25) is 0 Å². The molecule has 4 heterocycles. The molecular weight excluding hydrogens is 416 g/mol. The largest absolute Gasteiger partial charge is 0.497 e. The molecule has 0 bridgehead atoms. The Labute approximate surface area is 194 Å². The number of benzene rings is 1. The van der Waals surface area contributed by atoms with E-state index in [-0.39, 0.29) is 11.8 Å². The van der Waals surface area contributed by atoms with E-state index in [2.05, 4.69) is 20.9 Å². The number of carbonyl (C=O) groups excluding carboxylic acids is 1. The lowest BCUT2D eigenvalue weighted by Gasteiger charge is -2.42. The monoisotopic (exact) mass is 444 g/mol. The summed E-state index contributed by atoms with van der Waals surface area (Å²) in [5, 5.41) is 0. The molecule has 1 spiro atoms. The summed E-state index contributed by atoms with van der Waals surface area (Å²) in [5.74, 6) is 0.788. The Kier molecular flexibility index (Phi) is 6.07. The summed E-state index contributed by atoms with van der Waals surface area (Å²) in [6.45, 7) is 3.63. The molecule has 1 amide bonds. The fraction of sp³-hybridized carbons (Fsp3) is 0.346. The molecule has 7 heteroatoms. The number of amides is 1. The minimum atomic E-state index is -0.923. The van der Waals surface area contributed by atoms with Crippen molar-refractivity contribution in [2.75, 3.05) is 33.4 Å². The lowest BCUT2D eigenvalue weighted by molar-refractivity contribution is -0.173. The second kappa shape index (κ2) is 9.29. The van der Waals surface area contributed by atoms with Crippen LogP contribution >= 0.6 is 0 Å².